The smallest absolute Gasteiger partial charge is 0.0736 e. The number of ether oxygens (including phenoxy) is 1. The van der Waals surface area contributed by atoms with Crippen LogP contribution in [0.25, 0.3) is 0 Å². The molecule has 2 aliphatic rings. The zero-order chi connectivity index (χ0) is 9.80. The third kappa shape index (κ3) is 2.27. The van der Waals surface area contributed by atoms with Crippen molar-refractivity contribution in [2.24, 2.45) is 5.92 Å². The van der Waals surface area contributed by atoms with E-state index in [-0.39, 0.29) is 12.0 Å². The Morgan fingerprint density at radius 2 is 1.71 bits per heavy atom. The van der Waals surface area contributed by atoms with Crippen molar-refractivity contribution in [1.82, 2.24) is 0 Å². The van der Waals surface area contributed by atoms with Gasteiger partial charge in [0, 0.05) is 0 Å². The van der Waals surface area contributed by atoms with Crippen molar-refractivity contribution in [1.29, 1.82) is 5.26 Å². The van der Waals surface area contributed by atoms with Crippen LogP contribution in [0.3, 0.4) is 0 Å². The molecule has 0 radical (unpaired) electrons. The maximum Gasteiger partial charge on any atom is 0.0736 e. The van der Waals surface area contributed by atoms with E-state index in [0.29, 0.717) is 6.10 Å². The minimum atomic E-state index is 0.165. The fourth-order valence-corrected chi connectivity index (χ4v) is 2.34. The van der Waals surface area contributed by atoms with Gasteiger partial charge in [-0.05, 0) is 32.1 Å². The highest BCUT2D eigenvalue weighted by Crippen LogP contribution is 2.31. The van der Waals surface area contributed by atoms with Crippen LogP contribution in [0, 0.1) is 17.2 Å². The van der Waals surface area contributed by atoms with Crippen molar-refractivity contribution >= 4 is 0 Å². The van der Waals surface area contributed by atoms with Crippen molar-refractivity contribution in [3.05, 3.63) is 0 Å². The van der Waals surface area contributed by atoms with Crippen molar-refractivity contribution in [3.8, 4) is 6.07 Å². The van der Waals surface area contributed by atoms with Gasteiger partial charge in [-0.15, -0.1) is 0 Å². The van der Waals surface area contributed by atoms with Crippen LogP contribution in [-0.4, -0.2) is 12.2 Å². The summed E-state index contributed by atoms with van der Waals surface area (Å²) in [4.78, 5) is 0. The van der Waals surface area contributed by atoms with Crippen LogP contribution in [0.15, 0.2) is 0 Å². The second-order valence-electron chi connectivity index (χ2n) is 4.60. The molecule has 0 aromatic rings. The summed E-state index contributed by atoms with van der Waals surface area (Å²) < 4.78 is 5.99. The Bertz CT molecular complexity index is 217. The Hall–Kier alpha value is -0.550. The molecule has 0 bridgehead atoms. The summed E-state index contributed by atoms with van der Waals surface area (Å²) in [6.07, 6.45) is 10.4. The van der Waals surface area contributed by atoms with Crippen LogP contribution in [0.5, 0.6) is 0 Å². The van der Waals surface area contributed by atoms with Gasteiger partial charge in [0.25, 0.3) is 0 Å². The first-order valence-electron chi connectivity index (χ1n) is 5.95. The summed E-state index contributed by atoms with van der Waals surface area (Å²) in [5, 5.41) is 9.06. The minimum absolute atomic E-state index is 0.165. The first kappa shape index (κ1) is 9.98. The van der Waals surface area contributed by atoms with Gasteiger partial charge in [-0.2, -0.15) is 5.26 Å². The average Bonchev–Trinajstić information content (AvgIpc) is 2.35. The number of nitrogens with zero attached hydrogens (tertiary/aromatic N) is 1. The molecule has 0 aromatic heterocycles. The van der Waals surface area contributed by atoms with E-state index in [1.165, 1.54) is 38.5 Å². The molecule has 0 N–H and O–H groups in total. The molecule has 0 saturated heterocycles. The molecule has 2 aliphatic carbocycles. The summed E-state index contributed by atoms with van der Waals surface area (Å²) >= 11 is 0. The first-order chi connectivity index (χ1) is 6.90. The largest absolute Gasteiger partial charge is 0.374 e. The molecule has 2 fully saturated rings. The van der Waals surface area contributed by atoms with E-state index in [2.05, 4.69) is 6.07 Å². The highest BCUT2D eigenvalue weighted by Gasteiger charge is 2.29. The predicted molar refractivity (Wildman–Crippen MR) is 54.7 cm³/mol. The fraction of sp³-hybridized carbons (Fsp3) is 0.917. The highest BCUT2D eigenvalue weighted by atomic mass is 16.5. The lowest BCUT2D eigenvalue weighted by Gasteiger charge is -2.31. The summed E-state index contributed by atoms with van der Waals surface area (Å²) in [5.74, 6) is 0.165. The summed E-state index contributed by atoms with van der Waals surface area (Å²) in [5.41, 5.74) is 0. The Morgan fingerprint density at radius 3 is 2.36 bits per heavy atom. The summed E-state index contributed by atoms with van der Waals surface area (Å²) in [7, 11) is 0. The van der Waals surface area contributed by atoms with Gasteiger partial charge in [-0.1, -0.05) is 19.3 Å². The summed E-state index contributed by atoms with van der Waals surface area (Å²) in [6, 6.07) is 2.42. The summed E-state index contributed by atoms with van der Waals surface area (Å²) in [6.45, 7) is 0. The van der Waals surface area contributed by atoms with E-state index in [1.54, 1.807) is 0 Å². The van der Waals surface area contributed by atoms with Gasteiger partial charge >= 0.3 is 0 Å². The number of rotatable bonds is 2. The number of nitriles is 1. The second-order valence-corrected chi connectivity index (χ2v) is 4.60. The van der Waals surface area contributed by atoms with Gasteiger partial charge in [0.1, 0.15) is 0 Å². The quantitative estimate of drug-likeness (QED) is 0.631. The van der Waals surface area contributed by atoms with E-state index >= 15 is 0 Å². The number of hydrogen-bond acceptors (Lipinski definition) is 2. The maximum atomic E-state index is 9.06. The lowest BCUT2D eigenvalue weighted by atomic mass is 9.94. The van der Waals surface area contributed by atoms with Gasteiger partial charge in [-0.3, -0.25) is 0 Å². The zero-order valence-electron chi connectivity index (χ0n) is 8.74. The van der Waals surface area contributed by atoms with Crippen LogP contribution >= 0.6 is 0 Å². The molecule has 2 nitrogen and oxygen atoms in total. The molecule has 2 unspecified atom stereocenters. The molecule has 0 heterocycles. The van der Waals surface area contributed by atoms with Crippen molar-refractivity contribution < 1.29 is 4.74 Å². The van der Waals surface area contributed by atoms with Crippen LogP contribution in [0.4, 0.5) is 0 Å². The molecule has 78 valence electrons. The third-order valence-corrected chi connectivity index (χ3v) is 3.54. The molecule has 2 atom stereocenters. The molecule has 2 heteroatoms. The topological polar surface area (TPSA) is 33.0 Å². The van der Waals surface area contributed by atoms with E-state index in [9.17, 15) is 0 Å². The molecule has 2 rings (SSSR count). The van der Waals surface area contributed by atoms with E-state index in [4.69, 9.17) is 10.00 Å². The van der Waals surface area contributed by atoms with Gasteiger partial charge in [0.2, 0.25) is 0 Å². The average molecular weight is 193 g/mol. The molecule has 0 aliphatic heterocycles. The van der Waals surface area contributed by atoms with Crippen LogP contribution < -0.4 is 0 Å². The van der Waals surface area contributed by atoms with E-state index in [0.717, 1.165) is 12.8 Å². The lowest BCUT2D eigenvalue weighted by molar-refractivity contribution is -0.0689. The molecule has 0 spiro atoms. The van der Waals surface area contributed by atoms with Gasteiger partial charge < -0.3 is 4.74 Å². The zero-order valence-corrected chi connectivity index (χ0v) is 8.74. The standard InChI is InChI=1S/C12H19NO/c13-9-10-5-2-1-3-8-12(10)14-11-6-4-7-11/h10-12H,1-8H2. The van der Waals surface area contributed by atoms with Gasteiger partial charge in [-0.25, -0.2) is 0 Å². The lowest BCUT2D eigenvalue weighted by Crippen LogP contribution is -2.31. The van der Waals surface area contributed by atoms with Crippen LogP contribution in [0.1, 0.15) is 51.4 Å². The van der Waals surface area contributed by atoms with E-state index < -0.39 is 0 Å². The van der Waals surface area contributed by atoms with Crippen molar-refractivity contribution in [2.45, 2.75) is 63.6 Å². The predicted octanol–water partition coefficient (Wildman–Crippen LogP) is 3.03. The minimum Gasteiger partial charge on any atom is -0.374 e. The van der Waals surface area contributed by atoms with Crippen LogP contribution in [0.2, 0.25) is 0 Å². The normalized spacial score (nSPS) is 34.2. The Kier molecular flexibility index (Phi) is 3.42. The Morgan fingerprint density at radius 1 is 0.929 bits per heavy atom. The maximum absolute atomic E-state index is 9.06. The van der Waals surface area contributed by atoms with Crippen molar-refractivity contribution in [3.63, 3.8) is 0 Å². The molecule has 14 heavy (non-hydrogen) atoms. The fourth-order valence-electron chi connectivity index (χ4n) is 2.34. The molecular formula is C12H19NO. The number of hydrogen-bond donors (Lipinski definition) is 0. The van der Waals surface area contributed by atoms with Gasteiger partial charge in [0.05, 0.1) is 24.2 Å². The Labute approximate surface area is 86.2 Å². The SMILES string of the molecule is N#CC1CCCCCC1OC1CCC1. The highest BCUT2D eigenvalue weighted by molar-refractivity contribution is 4.91. The second kappa shape index (κ2) is 4.79. The van der Waals surface area contributed by atoms with E-state index in [1.807, 2.05) is 0 Å². The first-order valence-corrected chi connectivity index (χ1v) is 5.95. The molecule has 0 amide bonds. The molecular weight excluding hydrogens is 174 g/mol. The Balaban J connectivity index is 1.87. The molecule has 0 aromatic carbocycles. The van der Waals surface area contributed by atoms with Crippen molar-refractivity contribution in [2.75, 3.05) is 0 Å². The third-order valence-electron chi connectivity index (χ3n) is 3.54. The molecule has 2 saturated carbocycles. The monoisotopic (exact) mass is 193 g/mol. The van der Waals surface area contributed by atoms with Gasteiger partial charge in [0.15, 0.2) is 0 Å². The van der Waals surface area contributed by atoms with Crippen LogP contribution in [-0.2, 0) is 4.74 Å².